The van der Waals surface area contributed by atoms with Crippen molar-refractivity contribution in [3.05, 3.63) is 22.4 Å². The van der Waals surface area contributed by atoms with Crippen LogP contribution < -0.4 is 0 Å². The highest BCUT2D eigenvalue weighted by Crippen LogP contribution is 2.30. The fraction of sp³-hybridized carbons (Fsp3) is 0.400. The van der Waals surface area contributed by atoms with Gasteiger partial charge in [0.2, 0.25) is 0 Å². The number of thiophene rings is 1. The fourth-order valence-electron chi connectivity index (χ4n) is 2.13. The number of hydrogen-bond donors (Lipinski definition) is 0. The molecule has 78 valence electrons. The lowest BCUT2D eigenvalue weighted by atomic mass is 10.2. The Balaban J connectivity index is 1.85. The summed E-state index contributed by atoms with van der Waals surface area (Å²) < 4.78 is 5.03. The van der Waals surface area contributed by atoms with Gasteiger partial charge in [0.05, 0.1) is 12.1 Å². The standard InChI is InChI=1S/C10H9NO3S/c12-9(6-1-2-15-5-6)11-4-7-3-8(11)10(13)14-7/h1-2,5,7-8H,3-4H2. The summed E-state index contributed by atoms with van der Waals surface area (Å²) in [5.41, 5.74) is 0.667. The lowest BCUT2D eigenvalue weighted by Gasteiger charge is -2.25. The Morgan fingerprint density at radius 2 is 2.47 bits per heavy atom. The molecule has 2 saturated heterocycles. The monoisotopic (exact) mass is 223 g/mol. The van der Waals surface area contributed by atoms with E-state index in [0.29, 0.717) is 18.5 Å². The van der Waals surface area contributed by atoms with Crippen molar-refractivity contribution in [1.29, 1.82) is 0 Å². The van der Waals surface area contributed by atoms with E-state index in [-0.39, 0.29) is 24.0 Å². The highest BCUT2D eigenvalue weighted by Gasteiger charge is 2.48. The maximum absolute atomic E-state index is 12.0. The van der Waals surface area contributed by atoms with Crippen LogP contribution in [0.5, 0.6) is 0 Å². The molecule has 1 amide bonds. The molecule has 1 aromatic rings. The average molecular weight is 223 g/mol. The highest BCUT2D eigenvalue weighted by molar-refractivity contribution is 7.08. The number of morpholine rings is 1. The largest absolute Gasteiger partial charge is 0.459 e. The Bertz CT molecular complexity index is 414. The van der Waals surface area contributed by atoms with E-state index < -0.39 is 0 Å². The first-order valence-electron chi connectivity index (χ1n) is 4.79. The molecule has 0 spiro atoms. The molecule has 2 fully saturated rings. The fourth-order valence-corrected chi connectivity index (χ4v) is 2.76. The Morgan fingerprint density at radius 3 is 3.07 bits per heavy atom. The summed E-state index contributed by atoms with van der Waals surface area (Å²) in [5, 5.41) is 3.67. The van der Waals surface area contributed by atoms with Gasteiger partial charge in [0.25, 0.3) is 5.91 Å². The molecule has 0 saturated carbocycles. The van der Waals surface area contributed by atoms with Crippen molar-refractivity contribution in [2.75, 3.05) is 6.54 Å². The van der Waals surface area contributed by atoms with E-state index in [0.717, 1.165) is 0 Å². The molecule has 3 heterocycles. The van der Waals surface area contributed by atoms with E-state index in [1.807, 2.05) is 5.38 Å². The SMILES string of the molecule is O=C1OC2CC1N(C(=O)c1ccsc1)C2. The molecule has 2 unspecified atom stereocenters. The van der Waals surface area contributed by atoms with Crippen LogP contribution in [-0.2, 0) is 9.53 Å². The van der Waals surface area contributed by atoms with Gasteiger partial charge in [-0.2, -0.15) is 11.3 Å². The third kappa shape index (κ3) is 1.26. The summed E-state index contributed by atoms with van der Waals surface area (Å²) in [7, 11) is 0. The second-order valence-corrected chi connectivity index (χ2v) is 4.56. The lowest BCUT2D eigenvalue weighted by molar-refractivity contribution is -0.149. The Hall–Kier alpha value is -1.36. The van der Waals surface area contributed by atoms with E-state index in [1.54, 1.807) is 16.3 Å². The minimum absolute atomic E-state index is 0.0552. The van der Waals surface area contributed by atoms with E-state index in [4.69, 9.17) is 4.74 Å². The first kappa shape index (κ1) is 8.91. The molecular weight excluding hydrogens is 214 g/mol. The van der Waals surface area contributed by atoms with E-state index >= 15 is 0 Å². The molecule has 2 aliphatic heterocycles. The minimum Gasteiger partial charge on any atom is -0.459 e. The van der Waals surface area contributed by atoms with Crippen LogP contribution in [0.4, 0.5) is 0 Å². The van der Waals surface area contributed by atoms with Crippen LogP contribution in [0.15, 0.2) is 16.8 Å². The van der Waals surface area contributed by atoms with Crippen LogP contribution in [0.3, 0.4) is 0 Å². The van der Waals surface area contributed by atoms with Gasteiger partial charge in [-0.3, -0.25) is 4.79 Å². The molecule has 1 aromatic heterocycles. The highest BCUT2D eigenvalue weighted by atomic mass is 32.1. The summed E-state index contributed by atoms with van der Waals surface area (Å²) in [6.07, 6.45) is 0.583. The molecule has 15 heavy (non-hydrogen) atoms. The second-order valence-electron chi connectivity index (χ2n) is 3.78. The van der Waals surface area contributed by atoms with Crippen molar-refractivity contribution in [3.63, 3.8) is 0 Å². The van der Waals surface area contributed by atoms with Crippen LogP contribution in [0, 0.1) is 0 Å². The maximum atomic E-state index is 12.0. The van der Waals surface area contributed by atoms with Crippen molar-refractivity contribution < 1.29 is 14.3 Å². The molecule has 0 radical (unpaired) electrons. The maximum Gasteiger partial charge on any atom is 0.329 e. The normalized spacial score (nSPS) is 28.3. The molecule has 2 atom stereocenters. The Kier molecular flexibility index (Phi) is 1.82. The van der Waals surface area contributed by atoms with E-state index in [9.17, 15) is 9.59 Å². The third-order valence-corrected chi connectivity index (χ3v) is 3.53. The Morgan fingerprint density at radius 1 is 1.60 bits per heavy atom. The lowest BCUT2D eigenvalue weighted by Crippen LogP contribution is -2.44. The molecule has 0 aliphatic carbocycles. The van der Waals surface area contributed by atoms with E-state index in [1.165, 1.54) is 11.3 Å². The van der Waals surface area contributed by atoms with Crippen LogP contribution in [0.2, 0.25) is 0 Å². The van der Waals surface area contributed by atoms with Gasteiger partial charge in [-0.1, -0.05) is 0 Å². The summed E-state index contributed by atoms with van der Waals surface area (Å²) in [6, 6.07) is 1.44. The molecule has 0 N–H and O–H groups in total. The number of rotatable bonds is 1. The van der Waals surface area contributed by atoms with Gasteiger partial charge < -0.3 is 9.64 Å². The van der Waals surface area contributed by atoms with Crippen molar-refractivity contribution in [1.82, 2.24) is 4.90 Å². The van der Waals surface area contributed by atoms with Gasteiger partial charge in [0.15, 0.2) is 0 Å². The Labute approximate surface area is 90.4 Å². The number of carbonyl (C=O) groups excluding carboxylic acids is 2. The topological polar surface area (TPSA) is 46.6 Å². The number of esters is 1. The van der Waals surface area contributed by atoms with Gasteiger partial charge >= 0.3 is 5.97 Å². The molecule has 4 nitrogen and oxygen atoms in total. The van der Waals surface area contributed by atoms with Gasteiger partial charge in [0.1, 0.15) is 12.1 Å². The quantitative estimate of drug-likeness (QED) is 0.664. The van der Waals surface area contributed by atoms with Crippen molar-refractivity contribution >= 4 is 23.2 Å². The summed E-state index contributed by atoms with van der Waals surface area (Å²) in [5.74, 6) is -0.310. The summed E-state index contributed by atoms with van der Waals surface area (Å²) in [6.45, 7) is 0.547. The van der Waals surface area contributed by atoms with Gasteiger partial charge in [-0.05, 0) is 11.4 Å². The molecule has 0 aromatic carbocycles. The number of carbonyl (C=O) groups is 2. The van der Waals surface area contributed by atoms with Crippen LogP contribution in [0.1, 0.15) is 16.8 Å². The number of fused-ring (bicyclic) bond motifs is 2. The van der Waals surface area contributed by atoms with Gasteiger partial charge in [-0.15, -0.1) is 0 Å². The van der Waals surface area contributed by atoms with Crippen LogP contribution in [0.25, 0.3) is 0 Å². The number of ether oxygens (including phenoxy) is 1. The smallest absolute Gasteiger partial charge is 0.329 e. The van der Waals surface area contributed by atoms with Gasteiger partial charge in [0, 0.05) is 11.8 Å². The van der Waals surface area contributed by atoms with Crippen LogP contribution in [-0.4, -0.2) is 35.5 Å². The molecule has 2 aliphatic rings. The first-order valence-corrected chi connectivity index (χ1v) is 5.73. The number of likely N-dealkylation sites (tertiary alicyclic amines) is 1. The van der Waals surface area contributed by atoms with Crippen molar-refractivity contribution in [2.45, 2.75) is 18.6 Å². The number of amides is 1. The predicted octanol–water partition coefficient (Wildman–Crippen LogP) is 0.888. The van der Waals surface area contributed by atoms with E-state index in [2.05, 4.69) is 0 Å². The zero-order valence-corrected chi connectivity index (χ0v) is 8.70. The summed E-state index contributed by atoms with van der Waals surface area (Å²) in [4.78, 5) is 24.9. The van der Waals surface area contributed by atoms with Gasteiger partial charge in [-0.25, -0.2) is 4.79 Å². The zero-order chi connectivity index (χ0) is 10.4. The predicted molar refractivity (Wildman–Crippen MR) is 53.6 cm³/mol. The number of nitrogens with zero attached hydrogens (tertiary/aromatic N) is 1. The average Bonchev–Trinajstić information content (AvgIpc) is 2.91. The molecule has 5 heteroatoms. The molecular formula is C10H9NO3S. The van der Waals surface area contributed by atoms with Crippen molar-refractivity contribution in [3.8, 4) is 0 Å². The van der Waals surface area contributed by atoms with Crippen LogP contribution >= 0.6 is 11.3 Å². The summed E-state index contributed by atoms with van der Waals surface area (Å²) >= 11 is 1.48. The second kappa shape index (κ2) is 3.06. The molecule has 2 bridgehead atoms. The zero-order valence-electron chi connectivity index (χ0n) is 7.88. The minimum atomic E-state index is -0.345. The number of hydrogen-bond acceptors (Lipinski definition) is 4. The van der Waals surface area contributed by atoms with Crippen molar-refractivity contribution in [2.24, 2.45) is 0 Å². The third-order valence-electron chi connectivity index (χ3n) is 2.85. The molecule has 3 rings (SSSR count). The first-order chi connectivity index (χ1) is 7.25.